The van der Waals surface area contributed by atoms with Gasteiger partial charge in [-0.15, -0.1) is 0 Å². The van der Waals surface area contributed by atoms with E-state index in [0.717, 1.165) is 17.0 Å². The SMILES string of the molecule is Cc1ccc(CNC(=O)c2ccc(C)c(C)c2)nn1. The molecule has 0 spiro atoms. The number of carbonyl (C=O) groups is 1. The molecule has 0 fully saturated rings. The Balaban J connectivity index is 2.01. The summed E-state index contributed by atoms with van der Waals surface area (Å²) in [7, 11) is 0. The van der Waals surface area contributed by atoms with Crippen molar-refractivity contribution in [3.8, 4) is 0 Å². The molecule has 1 aromatic carbocycles. The van der Waals surface area contributed by atoms with Crippen LogP contribution in [0.2, 0.25) is 0 Å². The van der Waals surface area contributed by atoms with Crippen LogP contribution >= 0.6 is 0 Å². The summed E-state index contributed by atoms with van der Waals surface area (Å²) in [4.78, 5) is 12.0. The molecular weight excluding hydrogens is 238 g/mol. The van der Waals surface area contributed by atoms with E-state index in [1.54, 1.807) is 0 Å². The number of hydrogen-bond donors (Lipinski definition) is 1. The third kappa shape index (κ3) is 3.37. The van der Waals surface area contributed by atoms with Crippen LogP contribution in [0.1, 0.15) is 32.9 Å². The van der Waals surface area contributed by atoms with Crippen molar-refractivity contribution in [2.45, 2.75) is 27.3 Å². The number of nitrogens with zero attached hydrogens (tertiary/aromatic N) is 2. The standard InChI is InChI=1S/C15H17N3O/c1-10-4-6-13(8-11(10)2)15(19)16-9-14-7-5-12(3)17-18-14/h4-8H,9H2,1-3H3,(H,16,19). The van der Waals surface area contributed by atoms with Gasteiger partial charge in [-0.25, -0.2) is 0 Å². The van der Waals surface area contributed by atoms with Gasteiger partial charge in [0.05, 0.1) is 17.9 Å². The van der Waals surface area contributed by atoms with Crippen LogP contribution in [0.4, 0.5) is 0 Å². The highest BCUT2D eigenvalue weighted by molar-refractivity contribution is 5.94. The van der Waals surface area contributed by atoms with Gasteiger partial charge in [-0.05, 0) is 56.2 Å². The van der Waals surface area contributed by atoms with E-state index in [-0.39, 0.29) is 5.91 Å². The summed E-state index contributed by atoms with van der Waals surface area (Å²) in [6.07, 6.45) is 0. The maximum absolute atomic E-state index is 12.0. The monoisotopic (exact) mass is 255 g/mol. The minimum absolute atomic E-state index is 0.0922. The lowest BCUT2D eigenvalue weighted by atomic mass is 10.1. The topological polar surface area (TPSA) is 54.9 Å². The van der Waals surface area contributed by atoms with Crippen LogP contribution in [0.25, 0.3) is 0 Å². The predicted octanol–water partition coefficient (Wildman–Crippen LogP) is 2.33. The van der Waals surface area contributed by atoms with E-state index in [4.69, 9.17) is 0 Å². The Morgan fingerprint density at radius 3 is 2.47 bits per heavy atom. The van der Waals surface area contributed by atoms with Crippen molar-refractivity contribution in [3.63, 3.8) is 0 Å². The molecule has 1 heterocycles. The summed E-state index contributed by atoms with van der Waals surface area (Å²) >= 11 is 0. The highest BCUT2D eigenvalue weighted by atomic mass is 16.1. The Kier molecular flexibility index (Phi) is 3.90. The largest absolute Gasteiger partial charge is 0.346 e. The quantitative estimate of drug-likeness (QED) is 0.915. The second-order valence-electron chi connectivity index (χ2n) is 4.65. The fourth-order valence-electron chi connectivity index (χ4n) is 1.68. The van der Waals surface area contributed by atoms with Crippen molar-refractivity contribution in [1.29, 1.82) is 0 Å². The van der Waals surface area contributed by atoms with Crippen molar-refractivity contribution in [2.75, 3.05) is 0 Å². The molecule has 1 N–H and O–H groups in total. The Morgan fingerprint density at radius 1 is 1.05 bits per heavy atom. The fraction of sp³-hybridized carbons (Fsp3) is 0.267. The van der Waals surface area contributed by atoms with Crippen molar-refractivity contribution >= 4 is 5.91 Å². The number of carbonyl (C=O) groups excluding carboxylic acids is 1. The molecule has 0 bridgehead atoms. The van der Waals surface area contributed by atoms with Gasteiger partial charge < -0.3 is 5.32 Å². The van der Waals surface area contributed by atoms with Crippen LogP contribution in [0.3, 0.4) is 0 Å². The zero-order valence-electron chi connectivity index (χ0n) is 11.4. The maximum Gasteiger partial charge on any atom is 0.251 e. The third-order valence-corrected chi connectivity index (χ3v) is 3.05. The highest BCUT2D eigenvalue weighted by Crippen LogP contribution is 2.09. The van der Waals surface area contributed by atoms with Gasteiger partial charge in [0.15, 0.2) is 0 Å². The number of hydrogen-bond acceptors (Lipinski definition) is 3. The average molecular weight is 255 g/mol. The van der Waals surface area contributed by atoms with Gasteiger partial charge in [-0.2, -0.15) is 10.2 Å². The summed E-state index contributed by atoms with van der Waals surface area (Å²) in [5, 5.41) is 10.8. The van der Waals surface area contributed by atoms with Crippen molar-refractivity contribution in [3.05, 3.63) is 58.4 Å². The van der Waals surface area contributed by atoms with Gasteiger partial charge in [0, 0.05) is 5.56 Å². The van der Waals surface area contributed by atoms with E-state index in [1.165, 1.54) is 5.56 Å². The number of aromatic nitrogens is 2. The molecule has 98 valence electrons. The lowest BCUT2D eigenvalue weighted by Gasteiger charge is -2.06. The van der Waals surface area contributed by atoms with Gasteiger partial charge >= 0.3 is 0 Å². The van der Waals surface area contributed by atoms with Gasteiger partial charge in [0.2, 0.25) is 0 Å². The molecule has 0 radical (unpaired) electrons. The Hall–Kier alpha value is -2.23. The second kappa shape index (κ2) is 5.61. The fourth-order valence-corrected chi connectivity index (χ4v) is 1.68. The Bertz CT molecular complexity index is 591. The summed E-state index contributed by atoms with van der Waals surface area (Å²) < 4.78 is 0. The first-order chi connectivity index (χ1) is 9.06. The molecule has 4 nitrogen and oxygen atoms in total. The van der Waals surface area contributed by atoms with E-state index in [2.05, 4.69) is 15.5 Å². The first kappa shape index (κ1) is 13.2. The normalized spacial score (nSPS) is 10.3. The van der Waals surface area contributed by atoms with Crippen molar-refractivity contribution in [2.24, 2.45) is 0 Å². The highest BCUT2D eigenvalue weighted by Gasteiger charge is 2.06. The molecular formula is C15H17N3O. The predicted molar refractivity (Wildman–Crippen MR) is 73.9 cm³/mol. The first-order valence-corrected chi connectivity index (χ1v) is 6.21. The van der Waals surface area contributed by atoms with Crippen LogP contribution < -0.4 is 5.32 Å². The summed E-state index contributed by atoms with van der Waals surface area (Å²) in [5.74, 6) is -0.0922. The molecule has 0 aliphatic rings. The van der Waals surface area contributed by atoms with E-state index < -0.39 is 0 Å². The molecule has 0 unspecified atom stereocenters. The van der Waals surface area contributed by atoms with E-state index in [1.807, 2.05) is 51.1 Å². The third-order valence-electron chi connectivity index (χ3n) is 3.05. The van der Waals surface area contributed by atoms with E-state index in [9.17, 15) is 4.79 Å². The smallest absolute Gasteiger partial charge is 0.251 e. The van der Waals surface area contributed by atoms with Gasteiger partial charge in [-0.3, -0.25) is 4.79 Å². The molecule has 0 saturated heterocycles. The van der Waals surface area contributed by atoms with Crippen LogP contribution in [-0.4, -0.2) is 16.1 Å². The first-order valence-electron chi connectivity index (χ1n) is 6.21. The lowest BCUT2D eigenvalue weighted by molar-refractivity contribution is 0.0950. The van der Waals surface area contributed by atoms with E-state index >= 15 is 0 Å². The van der Waals surface area contributed by atoms with Crippen molar-refractivity contribution in [1.82, 2.24) is 15.5 Å². The minimum Gasteiger partial charge on any atom is -0.346 e. The number of nitrogens with one attached hydrogen (secondary N) is 1. The Morgan fingerprint density at radius 2 is 1.84 bits per heavy atom. The zero-order valence-corrected chi connectivity index (χ0v) is 11.4. The molecule has 1 amide bonds. The second-order valence-corrected chi connectivity index (χ2v) is 4.65. The molecule has 0 aliphatic heterocycles. The summed E-state index contributed by atoms with van der Waals surface area (Å²) in [6.45, 7) is 6.29. The van der Waals surface area contributed by atoms with E-state index in [0.29, 0.717) is 12.1 Å². The minimum atomic E-state index is -0.0922. The molecule has 0 atom stereocenters. The molecule has 0 saturated carbocycles. The average Bonchev–Trinajstić information content (AvgIpc) is 2.41. The van der Waals surface area contributed by atoms with Crippen LogP contribution in [0.5, 0.6) is 0 Å². The summed E-state index contributed by atoms with van der Waals surface area (Å²) in [6, 6.07) is 9.42. The van der Waals surface area contributed by atoms with Crippen LogP contribution in [0.15, 0.2) is 30.3 Å². The number of amides is 1. The molecule has 2 rings (SSSR count). The van der Waals surface area contributed by atoms with Crippen LogP contribution in [0, 0.1) is 20.8 Å². The maximum atomic E-state index is 12.0. The summed E-state index contributed by atoms with van der Waals surface area (Å²) in [5.41, 5.74) is 4.58. The number of aryl methyl sites for hydroxylation is 3. The zero-order chi connectivity index (χ0) is 13.8. The van der Waals surface area contributed by atoms with Crippen molar-refractivity contribution < 1.29 is 4.79 Å². The Labute approximate surface area is 112 Å². The number of rotatable bonds is 3. The van der Waals surface area contributed by atoms with Gasteiger partial charge in [-0.1, -0.05) is 6.07 Å². The van der Waals surface area contributed by atoms with Crippen LogP contribution in [-0.2, 0) is 6.54 Å². The molecule has 1 aromatic heterocycles. The van der Waals surface area contributed by atoms with Gasteiger partial charge in [0.25, 0.3) is 5.91 Å². The number of benzene rings is 1. The van der Waals surface area contributed by atoms with Gasteiger partial charge in [0.1, 0.15) is 0 Å². The lowest BCUT2D eigenvalue weighted by Crippen LogP contribution is -2.23. The molecule has 19 heavy (non-hydrogen) atoms. The molecule has 2 aromatic rings. The molecule has 0 aliphatic carbocycles. The molecule has 4 heteroatoms.